The number of benzene rings is 1. The molecule has 2 aromatic rings. The summed E-state index contributed by atoms with van der Waals surface area (Å²) in [5.74, 6) is -0.927. The van der Waals surface area contributed by atoms with E-state index in [9.17, 15) is 19.3 Å². The van der Waals surface area contributed by atoms with E-state index in [1.54, 1.807) is 11.0 Å². The van der Waals surface area contributed by atoms with Gasteiger partial charge in [-0.15, -0.1) is 0 Å². The number of anilines is 1. The summed E-state index contributed by atoms with van der Waals surface area (Å²) >= 11 is 3.21. The van der Waals surface area contributed by atoms with Gasteiger partial charge in [0.05, 0.1) is 27.0 Å². The normalized spacial score (nSPS) is 27.9. The Kier molecular flexibility index (Phi) is 7.03. The van der Waals surface area contributed by atoms with Crippen molar-refractivity contribution in [3.63, 3.8) is 0 Å². The molecule has 0 spiro atoms. The first-order valence-corrected chi connectivity index (χ1v) is 14.9. The van der Waals surface area contributed by atoms with E-state index >= 15 is 4.39 Å². The number of halogens is 3. The van der Waals surface area contributed by atoms with Crippen molar-refractivity contribution in [1.82, 2.24) is 14.8 Å². The molecule has 0 saturated carbocycles. The Morgan fingerprint density at radius 1 is 1.24 bits per heavy atom. The van der Waals surface area contributed by atoms with Crippen molar-refractivity contribution in [1.29, 1.82) is 0 Å². The minimum atomic E-state index is -0.987. The summed E-state index contributed by atoms with van der Waals surface area (Å²) in [7, 11) is 0. The molecule has 4 fully saturated rings. The molecule has 10 nitrogen and oxygen atoms in total. The smallest absolute Gasteiger partial charge is 0.410 e. The van der Waals surface area contributed by atoms with Gasteiger partial charge in [-0.1, -0.05) is 0 Å². The first-order chi connectivity index (χ1) is 19.4. The predicted octanol–water partition coefficient (Wildman–Crippen LogP) is 5.59. The second-order valence-corrected chi connectivity index (χ2v) is 13.5. The lowest BCUT2D eigenvalue weighted by molar-refractivity contribution is -0.385. The van der Waals surface area contributed by atoms with Crippen LogP contribution in [-0.2, 0) is 4.74 Å². The first-order valence-electron chi connectivity index (χ1n) is 14.1. The minimum absolute atomic E-state index is 0.0273. The molecule has 2 bridgehead atoms. The number of piperazine rings is 1. The Balaban J connectivity index is 1.40. The van der Waals surface area contributed by atoms with Gasteiger partial charge in [-0.3, -0.25) is 19.9 Å². The number of nitro groups is 1. The number of alkyl halides is 1. The van der Waals surface area contributed by atoms with Gasteiger partial charge < -0.3 is 14.4 Å². The lowest BCUT2D eigenvalue weighted by Crippen LogP contribution is -2.57. The lowest BCUT2D eigenvalue weighted by atomic mass is 9.95. The number of aromatic nitrogens is 1. The van der Waals surface area contributed by atoms with E-state index in [4.69, 9.17) is 9.47 Å². The standard InChI is InChI=1S/C28H34BrF2N5O5/c1-27(2,3)41-26(37)35-17-5-6-18(35)14-33(13-17)23-19-7-8-20(29)21(31)22(19)32-25(24(23)36(38)39)40-15-28-9-4-10-34(28)12-16(30)11-28/h7-8,16-18H,4-6,9-15H2,1-3H3/t16-,17-,18+,28+/m1/s1. The lowest BCUT2D eigenvalue weighted by Gasteiger charge is -2.42. The second-order valence-electron chi connectivity index (χ2n) is 12.7. The zero-order chi connectivity index (χ0) is 29.3. The van der Waals surface area contributed by atoms with Crippen LogP contribution >= 0.6 is 15.9 Å². The van der Waals surface area contributed by atoms with Crippen LogP contribution in [0.1, 0.15) is 52.9 Å². The Bertz CT molecular complexity index is 1390. The third-order valence-corrected chi connectivity index (χ3v) is 9.40. The maximum atomic E-state index is 15.5. The van der Waals surface area contributed by atoms with E-state index in [-0.39, 0.29) is 52.4 Å². The molecule has 0 radical (unpaired) electrons. The van der Waals surface area contributed by atoms with Crippen molar-refractivity contribution in [2.75, 3.05) is 37.7 Å². The fraction of sp³-hybridized carbons (Fsp3) is 0.643. The average molecular weight is 639 g/mol. The topological polar surface area (TPSA) is 101 Å². The van der Waals surface area contributed by atoms with Crippen LogP contribution in [-0.4, -0.2) is 88.0 Å². The molecule has 1 amide bonds. The summed E-state index contributed by atoms with van der Waals surface area (Å²) in [5, 5.41) is 13.0. The average Bonchev–Trinajstić information content (AvgIpc) is 3.50. The molecular weight excluding hydrogens is 604 g/mol. The highest BCUT2D eigenvalue weighted by Crippen LogP contribution is 2.47. The summed E-state index contributed by atoms with van der Waals surface area (Å²) in [6.45, 7) is 7.15. The monoisotopic (exact) mass is 637 g/mol. The first kappa shape index (κ1) is 28.3. The van der Waals surface area contributed by atoms with Gasteiger partial charge in [-0.2, -0.15) is 0 Å². The molecule has 4 saturated heterocycles. The van der Waals surface area contributed by atoms with E-state index in [2.05, 4.69) is 25.8 Å². The number of rotatable bonds is 5. The summed E-state index contributed by atoms with van der Waals surface area (Å²) in [4.78, 5) is 35.2. The van der Waals surface area contributed by atoms with Gasteiger partial charge in [-0.25, -0.2) is 18.6 Å². The van der Waals surface area contributed by atoms with Gasteiger partial charge in [0.2, 0.25) is 0 Å². The van der Waals surface area contributed by atoms with Crippen LogP contribution in [0.2, 0.25) is 0 Å². The van der Waals surface area contributed by atoms with Crippen LogP contribution < -0.4 is 9.64 Å². The Labute approximate surface area is 245 Å². The van der Waals surface area contributed by atoms with Crippen molar-refractivity contribution >= 4 is 44.3 Å². The highest BCUT2D eigenvalue weighted by molar-refractivity contribution is 9.10. The molecule has 4 aliphatic heterocycles. The molecule has 222 valence electrons. The molecule has 1 aromatic carbocycles. The number of fused-ring (bicyclic) bond motifs is 4. The maximum absolute atomic E-state index is 15.5. The number of hydrogen-bond acceptors (Lipinski definition) is 8. The fourth-order valence-electron chi connectivity index (χ4n) is 7.16. The van der Waals surface area contributed by atoms with Crippen molar-refractivity contribution in [3.05, 3.63) is 32.5 Å². The second kappa shape index (κ2) is 10.2. The molecule has 0 aliphatic carbocycles. The van der Waals surface area contributed by atoms with Crippen molar-refractivity contribution < 1.29 is 28.0 Å². The highest BCUT2D eigenvalue weighted by Gasteiger charge is 2.50. The van der Waals surface area contributed by atoms with Crippen LogP contribution in [0.25, 0.3) is 10.9 Å². The number of amides is 1. The third kappa shape index (κ3) is 4.98. The quantitative estimate of drug-likeness (QED) is 0.309. The third-order valence-electron chi connectivity index (χ3n) is 8.79. The minimum Gasteiger partial charge on any atom is -0.471 e. The van der Waals surface area contributed by atoms with E-state index in [1.165, 1.54) is 6.07 Å². The molecule has 6 rings (SSSR count). The van der Waals surface area contributed by atoms with Gasteiger partial charge in [-0.05, 0) is 81.1 Å². The van der Waals surface area contributed by atoms with E-state index in [0.717, 1.165) is 32.2 Å². The number of pyridine rings is 1. The Morgan fingerprint density at radius 3 is 2.61 bits per heavy atom. The van der Waals surface area contributed by atoms with Gasteiger partial charge in [0.1, 0.15) is 29.6 Å². The van der Waals surface area contributed by atoms with Gasteiger partial charge in [0.25, 0.3) is 5.88 Å². The Hall–Kier alpha value is -2.80. The molecule has 4 aliphatic rings. The largest absolute Gasteiger partial charge is 0.471 e. The van der Waals surface area contributed by atoms with Crippen molar-refractivity contribution in [2.45, 2.75) is 82.3 Å². The number of carbonyl (C=O) groups excluding carboxylic acids is 1. The van der Waals surface area contributed by atoms with Crippen LogP contribution in [0.5, 0.6) is 5.88 Å². The summed E-state index contributed by atoms with van der Waals surface area (Å²) < 4.78 is 41.8. The molecule has 0 N–H and O–H groups in total. The summed E-state index contributed by atoms with van der Waals surface area (Å²) in [5.41, 5.74) is -1.39. The number of nitrogens with zero attached hydrogens (tertiary/aromatic N) is 5. The van der Waals surface area contributed by atoms with E-state index in [0.29, 0.717) is 25.0 Å². The fourth-order valence-corrected chi connectivity index (χ4v) is 7.48. The molecule has 41 heavy (non-hydrogen) atoms. The SMILES string of the molecule is CC(C)(C)OC(=O)N1[C@@H]2CC[C@H]1CN(c1c([N+](=O)[O-])c(OC[C@@]34CCCN3C[C@H](F)C4)nc3c(F)c(Br)ccc13)C2. The van der Waals surface area contributed by atoms with E-state index < -0.39 is 34.1 Å². The number of hydrogen-bond donors (Lipinski definition) is 0. The van der Waals surface area contributed by atoms with Gasteiger partial charge >= 0.3 is 11.8 Å². The molecule has 13 heteroatoms. The van der Waals surface area contributed by atoms with Crippen LogP contribution in [0.3, 0.4) is 0 Å². The molecule has 4 atom stereocenters. The predicted molar refractivity (Wildman–Crippen MR) is 152 cm³/mol. The molecule has 0 unspecified atom stereocenters. The van der Waals surface area contributed by atoms with E-state index in [1.807, 2.05) is 25.7 Å². The molecular formula is C28H34BrF2N5O5. The summed E-state index contributed by atoms with van der Waals surface area (Å²) in [6, 6.07) is 2.68. The van der Waals surface area contributed by atoms with Crippen LogP contribution in [0.4, 0.5) is 25.0 Å². The van der Waals surface area contributed by atoms with Crippen LogP contribution in [0, 0.1) is 15.9 Å². The Morgan fingerprint density at radius 2 is 1.95 bits per heavy atom. The highest BCUT2D eigenvalue weighted by atomic mass is 79.9. The van der Waals surface area contributed by atoms with Crippen molar-refractivity contribution in [2.24, 2.45) is 0 Å². The number of ether oxygens (including phenoxy) is 2. The number of carbonyl (C=O) groups is 1. The zero-order valence-corrected chi connectivity index (χ0v) is 25.0. The summed E-state index contributed by atoms with van der Waals surface area (Å²) in [6.07, 6.45) is 1.96. The molecule has 1 aromatic heterocycles. The van der Waals surface area contributed by atoms with Crippen molar-refractivity contribution in [3.8, 4) is 5.88 Å². The van der Waals surface area contributed by atoms with Gasteiger partial charge in [0.15, 0.2) is 5.82 Å². The molecule has 5 heterocycles. The van der Waals surface area contributed by atoms with Gasteiger partial charge in [0, 0.05) is 31.4 Å². The van der Waals surface area contributed by atoms with Crippen LogP contribution in [0.15, 0.2) is 16.6 Å². The zero-order valence-electron chi connectivity index (χ0n) is 23.4. The maximum Gasteiger partial charge on any atom is 0.410 e.